The second kappa shape index (κ2) is 8.46. The van der Waals surface area contributed by atoms with Crippen LogP contribution in [0.5, 0.6) is 5.75 Å². The summed E-state index contributed by atoms with van der Waals surface area (Å²) in [4.78, 5) is 25.9. The number of carbonyl (C=O) groups excluding carboxylic acids is 1. The molecule has 7 nitrogen and oxygen atoms in total. The first kappa shape index (κ1) is 21.9. The van der Waals surface area contributed by atoms with Gasteiger partial charge in [-0.1, -0.05) is 36.4 Å². The number of rotatable bonds is 4. The Bertz CT molecular complexity index is 1570. The monoisotopic (exact) mass is 475 g/mol. The van der Waals surface area contributed by atoms with Crippen molar-refractivity contribution in [3.63, 3.8) is 0 Å². The van der Waals surface area contributed by atoms with E-state index in [4.69, 9.17) is 9.15 Å². The van der Waals surface area contributed by atoms with Gasteiger partial charge in [-0.25, -0.2) is 13.2 Å². The predicted octanol–water partition coefficient (Wildman–Crippen LogP) is 4.53. The van der Waals surface area contributed by atoms with Crippen LogP contribution in [-0.2, 0) is 10.0 Å². The minimum absolute atomic E-state index is 0.0926. The SMILES string of the molecule is Cc1oc2cc(OC(=O)c3cccc(N4CCCS4(=O)=O)c3)ccc2c(=O)c1-c1ccccc1. The van der Waals surface area contributed by atoms with Crippen LogP contribution in [0.15, 0.2) is 82.0 Å². The maximum absolute atomic E-state index is 13.1. The Hall–Kier alpha value is -3.91. The fraction of sp³-hybridized carbons (Fsp3) is 0.154. The Morgan fingerprint density at radius 3 is 2.53 bits per heavy atom. The van der Waals surface area contributed by atoms with Gasteiger partial charge in [-0.05, 0) is 49.2 Å². The smallest absolute Gasteiger partial charge is 0.343 e. The largest absolute Gasteiger partial charge is 0.460 e. The first-order valence-electron chi connectivity index (χ1n) is 10.8. The van der Waals surface area contributed by atoms with Crippen LogP contribution < -0.4 is 14.5 Å². The summed E-state index contributed by atoms with van der Waals surface area (Å²) in [6.07, 6.45) is 0.546. The average molecular weight is 476 g/mol. The maximum atomic E-state index is 13.1. The normalized spacial score (nSPS) is 14.9. The Labute approximate surface area is 196 Å². The number of fused-ring (bicyclic) bond motifs is 1. The lowest BCUT2D eigenvalue weighted by Gasteiger charge is -2.17. The zero-order valence-corrected chi connectivity index (χ0v) is 19.2. The highest BCUT2D eigenvalue weighted by Crippen LogP contribution is 2.28. The van der Waals surface area contributed by atoms with Gasteiger partial charge in [0.15, 0.2) is 0 Å². The number of anilines is 1. The predicted molar refractivity (Wildman–Crippen MR) is 130 cm³/mol. The molecule has 0 amide bonds. The van der Waals surface area contributed by atoms with Crippen molar-refractivity contribution in [1.82, 2.24) is 0 Å². The van der Waals surface area contributed by atoms with Crippen LogP contribution in [-0.4, -0.2) is 26.7 Å². The minimum Gasteiger partial charge on any atom is -0.460 e. The molecule has 0 spiro atoms. The summed E-state index contributed by atoms with van der Waals surface area (Å²) in [5.41, 5.74) is 2.06. The van der Waals surface area contributed by atoms with E-state index < -0.39 is 16.0 Å². The molecule has 5 rings (SSSR count). The van der Waals surface area contributed by atoms with E-state index >= 15 is 0 Å². The lowest BCUT2D eigenvalue weighted by Crippen LogP contribution is -2.25. The summed E-state index contributed by atoms with van der Waals surface area (Å²) in [5, 5.41) is 0.380. The molecule has 0 unspecified atom stereocenters. The molecule has 0 saturated carbocycles. The molecule has 0 atom stereocenters. The molecule has 3 aromatic carbocycles. The molecule has 0 aliphatic carbocycles. The number of hydrogen-bond donors (Lipinski definition) is 0. The van der Waals surface area contributed by atoms with Gasteiger partial charge in [0.1, 0.15) is 17.1 Å². The summed E-state index contributed by atoms with van der Waals surface area (Å²) >= 11 is 0. The zero-order valence-electron chi connectivity index (χ0n) is 18.4. The summed E-state index contributed by atoms with van der Waals surface area (Å²) in [7, 11) is -3.36. The van der Waals surface area contributed by atoms with Crippen molar-refractivity contribution in [2.75, 3.05) is 16.6 Å². The molecule has 34 heavy (non-hydrogen) atoms. The molecule has 0 bridgehead atoms. The maximum Gasteiger partial charge on any atom is 0.343 e. The third-order valence-electron chi connectivity index (χ3n) is 5.78. The highest BCUT2D eigenvalue weighted by molar-refractivity contribution is 7.93. The van der Waals surface area contributed by atoms with E-state index in [0.717, 1.165) is 5.56 Å². The molecular formula is C26H21NO6S. The Kier molecular flexibility index (Phi) is 5.45. The lowest BCUT2D eigenvalue weighted by molar-refractivity contribution is 0.0735. The van der Waals surface area contributed by atoms with E-state index in [1.807, 2.05) is 30.3 Å². The number of hydrogen-bond acceptors (Lipinski definition) is 6. The third-order valence-corrected chi connectivity index (χ3v) is 7.65. The third kappa shape index (κ3) is 3.97. The van der Waals surface area contributed by atoms with Crippen LogP contribution in [0.1, 0.15) is 22.5 Å². The van der Waals surface area contributed by atoms with Crippen molar-refractivity contribution in [2.24, 2.45) is 0 Å². The van der Waals surface area contributed by atoms with Crippen LogP contribution in [0.2, 0.25) is 0 Å². The molecule has 2 heterocycles. The van der Waals surface area contributed by atoms with Crippen LogP contribution in [0.25, 0.3) is 22.1 Å². The number of sulfonamides is 1. The molecule has 172 valence electrons. The van der Waals surface area contributed by atoms with Crippen molar-refractivity contribution in [2.45, 2.75) is 13.3 Å². The summed E-state index contributed by atoms with van der Waals surface area (Å²) in [5.74, 6) is 0.131. The number of ether oxygens (including phenoxy) is 1. The summed E-state index contributed by atoms with van der Waals surface area (Å²) in [6.45, 7) is 2.11. The topological polar surface area (TPSA) is 93.9 Å². The molecule has 1 aromatic heterocycles. The van der Waals surface area contributed by atoms with E-state index in [2.05, 4.69) is 0 Å². The van der Waals surface area contributed by atoms with E-state index in [1.165, 1.54) is 22.5 Å². The number of aryl methyl sites for hydroxylation is 1. The van der Waals surface area contributed by atoms with E-state index in [9.17, 15) is 18.0 Å². The quantitative estimate of drug-likeness (QED) is 0.318. The van der Waals surface area contributed by atoms with Gasteiger partial charge in [-0.15, -0.1) is 0 Å². The highest BCUT2D eigenvalue weighted by atomic mass is 32.2. The van der Waals surface area contributed by atoms with E-state index in [-0.39, 0.29) is 22.5 Å². The van der Waals surface area contributed by atoms with Crippen molar-refractivity contribution >= 4 is 32.6 Å². The first-order valence-corrected chi connectivity index (χ1v) is 12.4. The number of carbonyl (C=O) groups is 1. The van der Waals surface area contributed by atoms with Gasteiger partial charge >= 0.3 is 5.97 Å². The Morgan fingerprint density at radius 2 is 1.79 bits per heavy atom. The van der Waals surface area contributed by atoms with Gasteiger partial charge < -0.3 is 9.15 Å². The van der Waals surface area contributed by atoms with E-state index in [0.29, 0.717) is 40.9 Å². The van der Waals surface area contributed by atoms with Crippen molar-refractivity contribution < 1.29 is 22.4 Å². The van der Waals surface area contributed by atoms with Gasteiger partial charge in [-0.3, -0.25) is 9.10 Å². The number of esters is 1. The fourth-order valence-electron chi connectivity index (χ4n) is 4.17. The summed E-state index contributed by atoms with van der Waals surface area (Å²) in [6, 6.07) is 20.2. The molecule has 1 fully saturated rings. The molecule has 1 aliphatic rings. The van der Waals surface area contributed by atoms with Gasteiger partial charge in [0, 0.05) is 12.6 Å². The van der Waals surface area contributed by atoms with Crippen LogP contribution in [0.3, 0.4) is 0 Å². The molecular weight excluding hydrogens is 454 g/mol. The van der Waals surface area contributed by atoms with Crippen LogP contribution in [0.4, 0.5) is 5.69 Å². The van der Waals surface area contributed by atoms with Gasteiger partial charge in [-0.2, -0.15) is 0 Å². The summed E-state index contributed by atoms with van der Waals surface area (Å²) < 4.78 is 37.1. The standard InChI is InChI=1S/C26H21NO6S/c1-17-24(18-7-3-2-4-8-18)25(28)22-12-11-21(16-23(22)32-17)33-26(29)19-9-5-10-20(15-19)27-13-6-14-34(27,30)31/h2-5,7-12,15-16H,6,13-14H2,1H3. The van der Waals surface area contributed by atoms with Crippen molar-refractivity contribution in [1.29, 1.82) is 0 Å². The molecule has 4 aromatic rings. The molecule has 0 radical (unpaired) electrons. The second-order valence-corrected chi connectivity index (χ2v) is 10.1. The van der Waals surface area contributed by atoms with Crippen LogP contribution >= 0.6 is 0 Å². The average Bonchev–Trinajstić information content (AvgIpc) is 3.18. The molecule has 1 aliphatic heterocycles. The highest BCUT2D eigenvalue weighted by Gasteiger charge is 2.29. The lowest BCUT2D eigenvalue weighted by atomic mass is 10.0. The fourth-order valence-corrected chi connectivity index (χ4v) is 5.73. The number of nitrogens with zero attached hydrogens (tertiary/aromatic N) is 1. The van der Waals surface area contributed by atoms with Gasteiger partial charge in [0.05, 0.1) is 28.0 Å². The zero-order chi connectivity index (χ0) is 23.9. The molecule has 8 heteroatoms. The van der Waals surface area contributed by atoms with Crippen LogP contribution in [0, 0.1) is 6.92 Å². The first-order chi connectivity index (χ1) is 16.3. The van der Waals surface area contributed by atoms with Gasteiger partial charge in [0.2, 0.25) is 15.5 Å². The molecule has 1 saturated heterocycles. The number of benzene rings is 3. The molecule has 0 N–H and O–H groups in total. The van der Waals surface area contributed by atoms with Gasteiger partial charge in [0.25, 0.3) is 0 Å². The second-order valence-electron chi connectivity index (χ2n) is 8.07. The minimum atomic E-state index is -3.36. The van der Waals surface area contributed by atoms with Crippen molar-refractivity contribution in [3.05, 3.63) is 94.3 Å². The van der Waals surface area contributed by atoms with E-state index in [1.54, 1.807) is 31.2 Å². The Morgan fingerprint density at radius 1 is 1.00 bits per heavy atom. The Balaban J connectivity index is 1.44. The van der Waals surface area contributed by atoms with Crippen molar-refractivity contribution in [3.8, 4) is 16.9 Å².